The van der Waals surface area contributed by atoms with Gasteiger partial charge in [-0.05, 0) is 43.0 Å². The maximum atomic E-state index is 12.7. The summed E-state index contributed by atoms with van der Waals surface area (Å²) in [6.07, 6.45) is 2.01. The first-order valence-electron chi connectivity index (χ1n) is 6.40. The van der Waals surface area contributed by atoms with E-state index >= 15 is 0 Å². The fourth-order valence-corrected chi connectivity index (χ4v) is 2.22. The molecule has 98 valence electrons. The third-order valence-corrected chi connectivity index (χ3v) is 3.36. The summed E-state index contributed by atoms with van der Waals surface area (Å²) in [6, 6.07) is 6.10. The number of benzene rings is 1. The summed E-state index contributed by atoms with van der Waals surface area (Å²) < 4.78 is 12.7. The molecule has 1 aromatic rings. The number of nitrogens with one attached hydrogen (secondary N) is 2. The van der Waals surface area contributed by atoms with Gasteiger partial charge in [0.05, 0.1) is 6.04 Å². The van der Waals surface area contributed by atoms with Gasteiger partial charge in [-0.1, -0.05) is 19.1 Å². The van der Waals surface area contributed by atoms with Gasteiger partial charge in [-0.15, -0.1) is 0 Å². The maximum absolute atomic E-state index is 12.7. The zero-order valence-corrected chi connectivity index (χ0v) is 10.6. The molecule has 4 heteroatoms. The van der Waals surface area contributed by atoms with Crippen LogP contribution in [0.4, 0.5) is 4.39 Å². The predicted octanol–water partition coefficient (Wildman–Crippen LogP) is 1.83. The smallest absolute Gasteiger partial charge is 0.237 e. The zero-order valence-electron chi connectivity index (χ0n) is 10.6. The highest BCUT2D eigenvalue weighted by molar-refractivity contribution is 5.81. The molecule has 2 N–H and O–H groups in total. The van der Waals surface area contributed by atoms with E-state index in [-0.39, 0.29) is 17.8 Å². The molecule has 1 amide bonds. The summed E-state index contributed by atoms with van der Waals surface area (Å²) in [7, 11) is 0. The number of amides is 1. The number of hydrogen-bond acceptors (Lipinski definition) is 2. The van der Waals surface area contributed by atoms with E-state index in [1.54, 1.807) is 12.1 Å². The Morgan fingerprint density at radius 1 is 1.44 bits per heavy atom. The molecule has 0 aromatic heterocycles. The fraction of sp³-hybridized carbons (Fsp3) is 0.500. The molecule has 2 rings (SSSR count). The number of rotatable bonds is 3. The zero-order chi connectivity index (χ0) is 13.0. The second kappa shape index (κ2) is 5.96. The molecule has 0 radical (unpaired) electrons. The third-order valence-electron chi connectivity index (χ3n) is 3.36. The van der Waals surface area contributed by atoms with E-state index in [1.807, 2.05) is 0 Å². The van der Waals surface area contributed by atoms with Crippen molar-refractivity contribution in [3.8, 4) is 0 Å². The van der Waals surface area contributed by atoms with E-state index in [1.165, 1.54) is 12.1 Å². The Balaban J connectivity index is 1.82. The molecule has 2 unspecified atom stereocenters. The Kier molecular flexibility index (Phi) is 4.31. The second-order valence-corrected chi connectivity index (χ2v) is 4.98. The van der Waals surface area contributed by atoms with Crippen molar-refractivity contribution >= 4 is 5.91 Å². The summed E-state index contributed by atoms with van der Waals surface area (Å²) in [6.45, 7) is 3.52. The Morgan fingerprint density at radius 2 is 2.17 bits per heavy atom. The van der Waals surface area contributed by atoms with Crippen LogP contribution in [0, 0.1) is 11.7 Å². The standard InChI is InChI=1S/C14H19FN2O/c1-10-6-7-16-13(8-10)14(18)17-9-11-2-4-12(15)5-3-11/h2-5,10,13,16H,6-9H2,1H3,(H,17,18). The summed E-state index contributed by atoms with van der Waals surface area (Å²) >= 11 is 0. The van der Waals surface area contributed by atoms with Crippen molar-refractivity contribution in [2.45, 2.75) is 32.4 Å². The van der Waals surface area contributed by atoms with E-state index in [0.717, 1.165) is 24.9 Å². The van der Waals surface area contributed by atoms with Gasteiger partial charge in [-0.25, -0.2) is 4.39 Å². The van der Waals surface area contributed by atoms with Crippen LogP contribution >= 0.6 is 0 Å². The largest absolute Gasteiger partial charge is 0.351 e. The Morgan fingerprint density at radius 3 is 2.83 bits per heavy atom. The van der Waals surface area contributed by atoms with Crippen LogP contribution in [0.5, 0.6) is 0 Å². The van der Waals surface area contributed by atoms with Crippen molar-refractivity contribution in [1.82, 2.24) is 10.6 Å². The van der Waals surface area contributed by atoms with Crippen molar-refractivity contribution in [1.29, 1.82) is 0 Å². The minimum Gasteiger partial charge on any atom is -0.351 e. The molecule has 1 saturated heterocycles. The lowest BCUT2D eigenvalue weighted by atomic mass is 9.94. The lowest BCUT2D eigenvalue weighted by molar-refractivity contribution is -0.124. The second-order valence-electron chi connectivity index (χ2n) is 4.98. The molecular formula is C14H19FN2O. The van der Waals surface area contributed by atoms with Crippen LogP contribution in [0.1, 0.15) is 25.3 Å². The minimum atomic E-state index is -0.257. The van der Waals surface area contributed by atoms with E-state index in [0.29, 0.717) is 12.5 Å². The summed E-state index contributed by atoms with van der Waals surface area (Å²) in [5.74, 6) is 0.367. The van der Waals surface area contributed by atoms with Crippen molar-refractivity contribution in [2.24, 2.45) is 5.92 Å². The topological polar surface area (TPSA) is 41.1 Å². The maximum Gasteiger partial charge on any atom is 0.237 e. The predicted molar refractivity (Wildman–Crippen MR) is 68.4 cm³/mol. The lowest BCUT2D eigenvalue weighted by Gasteiger charge is -2.27. The first-order chi connectivity index (χ1) is 8.65. The number of piperidine rings is 1. The highest BCUT2D eigenvalue weighted by Gasteiger charge is 2.23. The van der Waals surface area contributed by atoms with Crippen LogP contribution < -0.4 is 10.6 Å². The number of hydrogen-bond donors (Lipinski definition) is 2. The van der Waals surface area contributed by atoms with Crippen LogP contribution in [0.2, 0.25) is 0 Å². The summed E-state index contributed by atoms with van der Waals surface area (Å²) in [5, 5.41) is 6.11. The van der Waals surface area contributed by atoms with Crippen LogP contribution in [0.15, 0.2) is 24.3 Å². The van der Waals surface area contributed by atoms with Gasteiger partial charge in [0, 0.05) is 6.54 Å². The Labute approximate surface area is 107 Å². The van der Waals surface area contributed by atoms with Gasteiger partial charge in [-0.3, -0.25) is 4.79 Å². The average molecular weight is 250 g/mol. The SMILES string of the molecule is CC1CCNC(C(=O)NCc2ccc(F)cc2)C1. The Hall–Kier alpha value is -1.42. The van der Waals surface area contributed by atoms with Gasteiger partial charge in [0.2, 0.25) is 5.91 Å². The quantitative estimate of drug-likeness (QED) is 0.859. The molecule has 3 nitrogen and oxygen atoms in total. The molecule has 1 fully saturated rings. The fourth-order valence-electron chi connectivity index (χ4n) is 2.22. The van der Waals surface area contributed by atoms with Gasteiger partial charge in [0.1, 0.15) is 5.82 Å². The van der Waals surface area contributed by atoms with Crippen LogP contribution in [0.3, 0.4) is 0 Å². The van der Waals surface area contributed by atoms with Crippen LogP contribution in [-0.4, -0.2) is 18.5 Å². The van der Waals surface area contributed by atoms with Crippen LogP contribution in [0.25, 0.3) is 0 Å². The Bertz CT molecular complexity index is 405. The number of carbonyl (C=O) groups excluding carboxylic acids is 1. The average Bonchev–Trinajstić information content (AvgIpc) is 2.38. The first kappa shape index (κ1) is 13.0. The van der Waals surface area contributed by atoms with Crippen LogP contribution in [-0.2, 0) is 11.3 Å². The van der Waals surface area contributed by atoms with Crippen molar-refractivity contribution in [3.05, 3.63) is 35.6 Å². The number of carbonyl (C=O) groups is 1. The number of halogens is 1. The lowest BCUT2D eigenvalue weighted by Crippen LogP contribution is -2.48. The molecule has 1 aliphatic rings. The molecular weight excluding hydrogens is 231 g/mol. The molecule has 1 aliphatic heterocycles. The molecule has 1 heterocycles. The summed E-state index contributed by atoms with van der Waals surface area (Å²) in [5.41, 5.74) is 0.911. The van der Waals surface area contributed by atoms with Crippen molar-refractivity contribution < 1.29 is 9.18 Å². The first-order valence-corrected chi connectivity index (χ1v) is 6.40. The van der Waals surface area contributed by atoms with E-state index < -0.39 is 0 Å². The third kappa shape index (κ3) is 3.53. The molecule has 0 spiro atoms. The molecule has 1 aromatic carbocycles. The molecule has 0 bridgehead atoms. The molecule has 2 atom stereocenters. The van der Waals surface area contributed by atoms with E-state index in [4.69, 9.17) is 0 Å². The summed E-state index contributed by atoms with van der Waals surface area (Å²) in [4.78, 5) is 11.9. The van der Waals surface area contributed by atoms with Gasteiger partial charge in [-0.2, -0.15) is 0 Å². The van der Waals surface area contributed by atoms with Gasteiger partial charge >= 0.3 is 0 Å². The van der Waals surface area contributed by atoms with E-state index in [9.17, 15) is 9.18 Å². The highest BCUT2D eigenvalue weighted by atomic mass is 19.1. The van der Waals surface area contributed by atoms with Gasteiger partial charge in [0.15, 0.2) is 0 Å². The molecule has 0 saturated carbocycles. The van der Waals surface area contributed by atoms with Gasteiger partial charge in [0.25, 0.3) is 0 Å². The van der Waals surface area contributed by atoms with E-state index in [2.05, 4.69) is 17.6 Å². The molecule has 0 aliphatic carbocycles. The monoisotopic (exact) mass is 250 g/mol. The van der Waals surface area contributed by atoms with Crippen molar-refractivity contribution in [2.75, 3.05) is 6.54 Å². The normalized spacial score (nSPS) is 23.7. The minimum absolute atomic E-state index is 0.0332. The molecule has 18 heavy (non-hydrogen) atoms. The van der Waals surface area contributed by atoms with Gasteiger partial charge < -0.3 is 10.6 Å². The van der Waals surface area contributed by atoms with Crippen molar-refractivity contribution in [3.63, 3.8) is 0 Å². The highest BCUT2D eigenvalue weighted by Crippen LogP contribution is 2.15.